The van der Waals surface area contributed by atoms with Crippen molar-refractivity contribution in [1.29, 1.82) is 0 Å². The molecule has 3 rings (SSSR count). The van der Waals surface area contributed by atoms with Crippen molar-refractivity contribution in [2.24, 2.45) is 5.92 Å². The summed E-state index contributed by atoms with van der Waals surface area (Å²) in [6.45, 7) is 3.15. The van der Waals surface area contributed by atoms with Crippen molar-refractivity contribution < 1.29 is 19.4 Å². The van der Waals surface area contributed by atoms with Gasteiger partial charge in [0.25, 0.3) is 5.91 Å². The van der Waals surface area contributed by atoms with Gasteiger partial charge in [-0.3, -0.25) is 9.59 Å². The Hall–Kier alpha value is -2.41. The number of piperidine rings is 1. The maximum absolute atomic E-state index is 12.7. The zero-order valence-electron chi connectivity index (χ0n) is 14.0. The summed E-state index contributed by atoms with van der Waals surface area (Å²) in [5, 5.41) is 12.1. The number of likely N-dealkylation sites (tertiary alicyclic amines) is 1. The maximum Gasteiger partial charge on any atom is 0.308 e. The summed E-state index contributed by atoms with van der Waals surface area (Å²) in [6.07, 6.45) is 1.33. The Morgan fingerprint density at radius 3 is 3.00 bits per heavy atom. The predicted molar refractivity (Wildman–Crippen MR) is 93.9 cm³/mol. The van der Waals surface area contributed by atoms with Crippen molar-refractivity contribution in [2.45, 2.75) is 26.4 Å². The van der Waals surface area contributed by atoms with Gasteiger partial charge in [0.05, 0.1) is 16.6 Å². The maximum atomic E-state index is 12.7. The van der Waals surface area contributed by atoms with Crippen molar-refractivity contribution >= 4 is 23.2 Å². The summed E-state index contributed by atoms with van der Waals surface area (Å²) in [5.41, 5.74) is 1.37. The van der Waals surface area contributed by atoms with Crippen LogP contribution >= 0.6 is 11.3 Å². The Morgan fingerprint density at radius 2 is 2.28 bits per heavy atom. The number of aliphatic carboxylic acids is 1. The lowest BCUT2D eigenvalue weighted by molar-refractivity contribution is -0.143. The van der Waals surface area contributed by atoms with E-state index in [4.69, 9.17) is 9.84 Å². The monoisotopic (exact) mass is 360 g/mol. The second kappa shape index (κ2) is 7.65. The number of benzene rings is 1. The van der Waals surface area contributed by atoms with Crippen LogP contribution in [0.1, 0.15) is 33.9 Å². The first kappa shape index (κ1) is 17.4. The van der Waals surface area contributed by atoms with Crippen LogP contribution in [-0.4, -0.2) is 40.0 Å². The summed E-state index contributed by atoms with van der Waals surface area (Å²) >= 11 is 1.57. The van der Waals surface area contributed by atoms with Crippen molar-refractivity contribution in [1.82, 2.24) is 9.88 Å². The molecule has 1 N–H and O–H groups in total. The number of thiazole rings is 1. The van der Waals surface area contributed by atoms with Gasteiger partial charge in [0.2, 0.25) is 0 Å². The standard InChI is InChI=1S/C18H20N2O4S/c1-12-19-15(11-25-12)10-24-16-6-2-4-13(8-16)17(21)20-7-3-5-14(9-20)18(22)23/h2,4,6,8,11,14H,3,5,7,9-10H2,1H3,(H,22,23). The third-order valence-corrected chi connectivity index (χ3v) is 5.01. The van der Waals surface area contributed by atoms with Crippen molar-refractivity contribution in [3.8, 4) is 5.75 Å². The second-order valence-electron chi connectivity index (χ2n) is 6.10. The van der Waals surface area contributed by atoms with E-state index in [0.717, 1.165) is 10.7 Å². The molecule has 0 radical (unpaired) electrons. The summed E-state index contributed by atoms with van der Waals surface area (Å²) in [7, 11) is 0. The number of hydrogen-bond acceptors (Lipinski definition) is 5. The van der Waals surface area contributed by atoms with Crippen molar-refractivity contribution in [3.05, 3.63) is 45.9 Å². The number of hydrogen-bond donors (Lipinski definition) is 1. The molecule has 1 aromatic heterocycles. The topological polar surface area (TPSA) is 79.7 Å². The van der Waals surface area contributed by atoms with E-state index < -0.39 is 11.9 Å². The molecule has 6 nitrogen and oxygen atoms in total. The SMILES string of the molecule is Cc1nc(COc2cccc(C(=O)N3CCCC(C(=O)O)C3)c2)cs1. The molecule has 25 heavy (non-hydrogen) atoms. The molecule has 0 aliphatic carbocycles. The van der Waals surface area contributed by atoms with E-state index in [1.54, 1.807) is 40.5 Å². The van der Waals surface area contributed by atoms with E-state index in [-0.39, 0.29) is 12.5 Å². The zero-order valence-corrected chi connectivity index (χ0v) is 14.8. The number of carboxylic acids is 1. The first-order chi connectivity index (χ1) is 12.0. The molecule has 1 atom stereocenters. The van der Waals surface area contributed by atoms with E-state index in [0.29, 0.717) is 37.3 Å². The smallest absolute Gasteiger partial charge is 0.308 e. The molecule has 1 aliphatic rings. The molecule has 2 aromatic rings. The average molecular weight is 360 g/mol. The van der Waals surface area contributed by atoms with Crippen LogP contribution in [0.2, 0.25) is 0 Å². The number of aryl methyl sites for hydroxylation is 1. The number of carbonyl (C=O) groups excluding carboxylic acids is 1. The lowest BCUT2D eigenvalue weighted by Gasteiger charge is -2.30. The number of carbonyl (C=O) groups is 2. The van der Waals surface area contributed by atoms with E-state index in [2.05, 4.69) is 4.98 Å². The van der Waals surface area contributed by atoms with Gasteiger partial charge in [-0.15, -0.1) is 11.3 Å². The first-order valence-electron chi connectivity index (χ1n) is 8.19. The Kier molecular flexibility index (Phi) is 5.33. The third kappa shape index (κ3) is 4.36. The predicted octanol–water partition coefficient (Wildman–Crippen LogP) is 2.97. The highest BCUT2D eigenvalue weighted by Gasteiger charge is 2.28. The number of rotatable bonds is 5. The first-order valence-corrected chi connectivity index (χ1v) is 9.07. The van der Waals surface area contributed by atoms with Crippen LogP contribution in [0.5, 0.6) is 5.75 Å². The highest BCUT2D eigenvalue weighted by Crippen LogP contribution is 2.21. The van der Waals surface area contributed by atoms with Gasteiger partial charge in [-0.1, -0.05) is 6.07 Å². The molecule has 1 unspecified atom stereocenters. The summed E-state index contributed by atoms with van der Waals surface area (Å²) in [4.78, 5) is 29.8. The van der Waals surface area contributed by atoms with Crippen LogP contribution in [0.15, 0.2) is 29.6 Å². The molecule has 0 bridgehead atoms. The number of carboxylic acid groups (broad SMARTS) is 1. The van der Waals surface area contributed by atoms with Gasteiger partial charge in [-0.25, -0.2) is 4.98 Å². The molecule has 0 spiro atoms. The minimum atomic E-state index is -0.840. The summed E-state index contributed by atoms with van der Waals surface area (Å²) in [6, 6.07) is 7.00. The Morgan fingerprint density at radius 1 is 1.44 bits per heavy atom. The lowest BCUT2D eigenvalue weighted by atomic mass is 9.97. The van der Waals surface area contributed by atoms with Gasteiger partial charge in [-0.2, -0.15) is 0 Å². The fourth-order valence-corrected chi connectivity index (χ4v) is 3.49. The molecular weight excluding hydrogens is 340 g/mol. The van der Waals surface area contributed by atoms with Crippen LogP contribution in [-0.2, 0) is 11.4 Å². The van der Waals surface area contributed by atoms with Gasteiger partial charge in [0.15, 0.2) is 0 Å². The number of ether oxygens (including phenoxy) is 1. The number of nitrogens with zero attached hydrogens (tertiary/aromatic N) is 2. The molecule has 2 heterocycles. The van der Waals surface area contributed by atoms with Gasteiger partial charge in [0.1, 0.15) is 12.4 Å². The van der Waals surface area contributed by atoms with Crippen LogP contribution in [0, 0.1) is 12.8 Å². The van der Waals surface area contributed by atoms with Crippen LogP contribution < -0.4 is 4.74 Å². The molecule has 1 aliphatic heterocycles. The summed E-state index contributed by atoms with van der Waals surface area (Å²) < 4.78 is 5.72. The molecular formula is C18H20N2O4S. The normalized spacial score (nSPS) is 17.3. The fourth-order valence-electron chi connectivity index (χ4n) is 2.90. The van der Waals surface area contributed by atoms with Crippen LogP contribution in [0.4, 0.5) is 0 Å². The Balaban J connectivity index is 1.65. The molecule has 1 amide bonds. The van der Waals surface area contributed by atoms with E-state index in [1.165, 1.54) is 0 Å². The van der Waals surface area contributed by atoms with E-state index in [9.17, 15) is 9.59 Å². The van der Waals surface area contributed by atoms with Gasteiger partial charge in [-0.05, 0) is 38.0 Å². The third-order valence-electron chi connectivity index (χ3n) is 4.19. The lowest BCUT2D eigenvalue weighted by Crippen LogP contribution is -2.42. The zero-order chi connectivity index (χ0) is 17.8. The molecule has 7 heteroatoms. The fraction of sp³-hybridized carbons (Fsp3) is 0.389. The van der Waals surface area contributed by atoms with Gasteiger partial charge in [0, 0.05) is 24.0 Å². The quantitative estimate of drug-likeness (QED) is 0.887. The van der Waals surface area contributed by atoms with Crippen molar-refractivity contribution in [2.75, 3.05) is 13.1 Å². The summed E-state index contributed by atoms with van der Waals surface area (Å²) in [5.74, 6) is -0.873. The number of amides is 1. The molecule has 1 saturated heterocycles. The molecule has 1 aromatic carbocycles. The minimum Gasteiger partial charge on any atom is -0.487 e. The van der Waals surface area contributed by atoms with Crippen LogP contribution in [0.25, 0.3) is 0 Å². The largest absolute Gasteiger partial charge is 0.487 e. The average Bonchev–Trinajstić information content (AvgIpc) is 3.05. The van der Waals surface area contributed by atoms with Gasteiger partial charge >= 0.3 is 5.97 Å². The molecule has 1 fully saturated rings. The Labute approximate surface area is 150 Å². The van der Waals surface area contributed by atoms with Crippen LogP contribution in [0.3, 0.4) is 0 Å². The van der Waals surface area contributed by atoms with E-state index in [1.807, 2.05) is 12.3 Å². The van der Waals surface area contributed by atoms with E-state index >= 15 is 0 Å². The molecule has 0 saturated carbocycles. The van der Waals surface area contributed by atoms with Crippen molar-refractivity contribution in [3.63, 3.8) is 0 Å². The highest BCUT2D eigenvalue weighted by atomic mass is 32.1. The second-order valence-corrected chi connectivity index (χ2v) is 7.17. The minimum absolute atomic E-state index is 0.152. The highest BCUT2D eigenvalue weighted by molar-refractivity contribution is 7.09. The van der Waals surface area contributed by atoms with Gasteiger partial charge < -0.3 is 14.7 Å². The number of aromatic nitrogens is 1. The Bertz CT molecular complexity index is 774. The molecule has 132 valence electrons.